The van der Waals surface area contributed by atoms with Crippen molar-refractivity contribution in [3.05, 3.63) is 59.2 Å². The molecule has 0 amide bonds. The zero-order chi connectivity index (χ0) is 20.6. The molecule has 2 N–H and O–H groups in total. The lowest BCUT2D eigenvalue weighted by atomic mass is 10.1. The summed E-state index contributed by atoms with van der Waals surface area (Å²) in [4.78, 5) is 4.99. The fourth-order valence-corrected chi connectivity index (χ4v) is 3.79. The predicted octanol–water partition coefficient (Wildman–Crippen LogP) is 3.05. The van der Waals surface area contributed by atoms with Gasteiger partial charge in [-0.1, -0.05) is 24.3 Å². The molecular formula is C21H29N3O3S. The van der Waals surface area contributed by atoms with Crippen molar-refractivity contribution in [2.24, 2.45) is 4.99 Å². The summed E-state index contributed by atoms with van der Waals surface area (Å²) in [5, 5.41) is 6.52. The van der Waals surface area contributed by atoms with Gasteiger partial charge < -0.3 is 15.4 Å². The highest BCUT2D eigenvalue weighted by Gasteiger charge is 2.11. The van der Waals surface area contributed by atoms with Gasteiger partial charge in [0.1, 0.15) is 5.75 Å². The number of nitrogens with one attached hydrogen (secondary N) is 2. The minimum Gasteiger partial charge on any atom is -0.494 e. The van der Waals surface area contributed by atoms with Gasteiger partial charge in [-0.3, -0.25) is 0 Å². The summed E-state index contributed by atoms with van der Waals surface area (Å²) in [6.45, 7) is 8.24. The molecule has 0 aliphatic rings. The van der Waals surface area contributed by atoms with Crippen LogP contribution in [-0.4, -0.2) is 33.8 Å². The van der Waals surface area contributed by atoms with Crippen LogP contribution in [0, 0.1) is 6.92 Å². The van der Waals surface area contributed by atoms with Crippen LogP contribution in [0.1, 0.15) is 30.5 Å². The van der Waals surface area contributed by atoms with Crippen molar-refractivity contribution in [1.82, 2.24) is 10.6 Å². The third-order valence-electron chi connectivity index (χ3n) is 4.07. The summed E-state index contributed by atoms with van der Waals surface area (Å²) in [6.07, 6.45) is 1.23. The Balaban J connectivity index is 2.05. The van der Waals surface area contributed by atoms with Crippen LogP contribution >= 0.6 is 0 Å². The monoisotopic (exact) mass is 403 g/mol. The quantitative estimate of drug-likeness (QED) is 0.523. The number of aliphatic imine (C=N–C) groups is 1. The van der Waals surface area contributed by atoms with Crippen LogP contribution in [0.3, 0.4) is 0 Å². The van der Waals surface area contributed by atoms with Crippen LogP contribution in [-0.2, 0) is 22.9 Å². The van der Waals surface area contributed by atoms with Crippen molar-refractivity contribution >= 4 is 15.8 Å². The van der Waals surface area contributed by atoms with Crippen molar-refractivity contribution in [2.45, 2.75) is 38.8 Å². The standard InChI is InChI=1S/C21H29N3O3S/c1-5-22-21(23-14-17-8-7-9-19(13-17)27-6-2)24-15-18-10-11-20(16(3)12-18)28(4,25)26/h7-13H,5-6,14-15H2,1-4H3,(H2,22,23,24). The van der Waals surface area contributed by atoms with Gasteiger partial charge in [-0.15, -0.1) is 0 Å². The molecule has 0 atom stereocenters. The summed E-state index contributed by atoms with van der Waals surface area (Å²) < 4.78 is 29.0. The van der Waals surface area contributed by atoms with E-state index in [9.17, 15) is 8.42 Å². The maximum absolute atomic E-state index is 11.7. The predicted molar refractivity (Wildman–Crippen MR) is 114 cm³/mol. The van der Waals surface area contributed by atoms with E-state index < -0.39 is 9.84 Å². The van der Waals surface area contributed by atoms with Gasteiger partial charge in [-0.2, -0.15) is 0 Å². The van der Waals surface area contributed by atoms with E-state index in [1.54, 1.807) is 6.07 Å². The van der Waals surface area contributed by atoms with E-state index in [4.69, 9.17) is 4.74 Å². The van der Waals surface area contributed by atoms with Crippen LogP contribution < -0.4 is 15.4 Å². The number of benzene rings is 2. The van der Waals surface area contributed by atoms with Crippen molar-refractivity contribution in [3.63, 3.8) is 0 Å². The van der Waals surface area contributed by atoms with Gasteiger partial charge in [0.15, 0.2) is 15.8 Å². The van der Waals surface area contributed by atoms with E-state index in [2.05, 4.69) is 15.6 Å². The lowest BCUT2D eigenvalue weighted by Crippen LogP contribution is -2.36. The summed E-state index contributed by atoms with van der Waals surface area (Å²) in [6, 6.07) is 13.3. The molecule has 2 rings (SSSR count). The van der Waals surface area contributed by atoms with Crippen LogP contribution in [0.15, 0.2) is 52.4 Å². The second kappa shape index (κ2) is 10.1. The van der Waals surface area contributed by atoms with Gasteiger partial charge in [-0.05, 0) is 55.7 Å². The number of nitrogens with zero attached hydrogens (tertiary/aromatic N) is 1. The molecule has 0 heterocycles. The average Bonchev–Trinajstić information content (AvgIpc) is 2.63. The fourth-order valence-electron chi connectivity index (χ4n) is 2.84. The molecule has 6 nitrogen and oxygen atoms in total. The van der Waals surface area contributed by atoms with Crippen LogP contribution in [0.5, 0.6) is 5.75 Å². The Hall–Kier alpha value is -2.54. The first-order valence-electron chi connectivity index (χ1n) is 9.37. The Labute approximate surface area is 168 Å². The molecule has 28 heavy (non-hydrogen) atoms. The van der Waals surface area contributed by atoms with E-state index in [1.807, 2.05) is 57.2 Å². The molecule has 0 spiro atoms. The van der Waals surface area contributed by atoms with Crippen molar-refractivity contribution in [3.8, 4) is 5.75 Å². The number of aryl methyl sites for hydroxylation is 1. The summed E-state index contributed by atoms with van der Waals surface area (Å²) >= 11 is 0. The Morgan fingerprint density at radius 3 is 2.50 bits per heavy atom. The first kappa shape index (κ1) is 21.8. The number of guanidine groups is 1. The third-order valence-corrected chi connectivity index (χ3v) is 5.33. The lowest BCUT2D eigenvalue weighted by Gasteiger charge is -2.13. The molecule has 0 radical (unpaired) electrons. The van der Waals surface area contributed by atoms with Gasteiger partial charge in [0, 0.05) is 19.3 Å². The van der Waals surface area contributed by atoms with Crippen LogP contribution in [0.2, 0.25) is 0 Å². The molecular weight excluding hydrogens is 374 g/mol. The van der Waals surface area contributed by atoms with E-state index >= 15 is 0 Å². The van der Waals surface area contributed by atoms with E-state index in [0.717, 1.165) is 29.0 Å². The molecule has 0 aliphatic carbocycles. The lowest BCUT2D eigenvalue weighted by molar-refractivity contribution is 0.340. The van der Waals surface area contributed by atoms with Crippen molar-refractivity contribution in [2.75, 3.05) is 19.4 Å². The van der Waals surface area contributed by atoms with Gasteiger partial charge in [-0.25, -0.2) is 13.4 Å². The van der Waals surface area contributed by atoms with E-state index in [1.165, 1.54) is 6.26 Å². The molecule has 2 aromatic carbocycles. The normalized spacial score (nSPS) is 11.9. The average molecular weight is 404 g/mol. The topological polar surface area (TPSA) is 79.8 Å². The molecule has 0 aromatic heterocycles. The first-order chi connectivity index (χ1) is 13.3. The van der Waals surface area contributed by atoms with Crippen molar-refractivity contribution < 1.29 is 13.2 Å². The highest BCUT2D eigenvalue weighted by atomic mass is 32.2. The summed E-state index contributed by atoms with van der Waals surface area (Å²) in [5.74, 6) is 1.55. The summed E-state index contributed by atoms with van der Waals surface area (Å²) in [7, 11) is -3.20. The third kappa shape index (κ3) is 6.56. The highest BCUT2D eigenvalue weighted by Crippen LogP contribution is 2.17. The Morgan fingerprint density at radius 2 is 1.86 bits per heavy atom. The minimum atomic E-state index is -3.20. The zero-order valence-corrected chi connectivity index (χ0v) is 17.8. The number of rotatable bonds is 8. The maximum Gasteiger partial charge on any atom is 0.191 e. The second-order valence-electron chi connectivity index (χ2n) is 6.50. The number of sulfone groups is 1. The maximum atomic E-state index is 11.7. The molecule has 7 heteroatoms. The second-order valence-corrected chi connectivity index (χ2v) is 8.49. The zero-order valence-electron chi connectivity index (χ0n) is 17.0. The van der Waals surface area contributed by atoms with E-state index in [-0.39, 0.29) is 0 Å². The Kier molecular flexibility index (Phi) is 7.87. The van der Waals surface area contributed by atoms with Crippen molar-refractivity contribution in [1.29, 1.82) is 0 Å². The van der Waals surface area contributed by atoms with Gasteiger partial charge in [0.2, 0.25) is 0 Å². The molecule has 0 bridgehead atoms. The molecule has 0 saturated heterocycles. The highest BCUT2D eigenvalue weighted by molar-refractivity contribution is 7.90. The van der Waals surface area contributed by atoms with Gasteiger partial charge in [0.25, 0.3) is 0 Å². The molecule has 2 aromatic rings. The Morgan fingerprint density at radius 1 is 1.07 bits per heavy atom. The number of hydrogen-bond donors (Lipinski definition) is 2. The van der Waals surface area contributed by atoms with E-state index in [0.29, 0.717) is 30.6 Å². The number of ether oxygens (including phenoxy) is 1. The van der Waals surface area contributed by atoms with Crippen LogP contribution in [0.25, 0.3) is 0 Å². The molecule has 0 aliphatic heterocycles. The fraction of sp³-hybridized carbons (Fsp3) is 0.381. The molecule has 152 valence electrons. The molecule has 0 unspecified atom stereocenters. The van der Waals surface area contributed by atoms with Crippen LogP contribution in [0.4, 0.5) is 0 Å². The smallest absolute Gasteiger partial charge is 0.191 e. The minimum absolute atomic E-state index is 0.367. The molecule has 0 saturated carbocycles. The first-order valence-corrected chi connectivity index (χ1v) is 11.3. The largest absolute Gasteiger partial charge is 0.494 e. The molecule has 0 fully saturated rings. The summed E-state index contributed by atoms with van der Waals surface area (Å²) in [5.41, 5.74) is 2.81. The van der Waals surface area contributed by atoms with Gasteiger partial charge >= 0.3 is 0 Å². The SMILES string of the molecule is CCNC(=NCc1cccc(OCC)c1)NCc1ccc(S(C)(=O)=O)c(C)c1. The van der Waals surface area contributed by atoms with Gasteiger partial charge in [0.05, 0.1) is 18.0 Å². The Bertz CT molecular complexity index is 924. The number of hydrogen-bond acceptors (Lipinski definition) is 4.